The molecule has 128 valence electrons. The lowest BCUT2D eigenvalue weighted by Gasteiger charge is -2.15. The SMILES string of the molecule is COc1cc(C(=O)NN2C(=O)c3ccccc3C2=O)nc2ccccc12. The highest BCUT2D eigenvalue weighted by atomic mass is 16.5. The number of imide groups is 1. The van der Waals surface area contributed by atoms with E-state index in [4.69, 9.17) is 4.74 Å². The average Bonchev–Trinajstić information content (AvgIpc) is 2.92. The molecule has 7 heteroatoms. The van der Waals surface area contributed by atoms with E-state index in [1.807, 2.05) is 12.1 Å². The first-order valence-electron chi connectivity index (χ1n) is 7.82. The van der Waals surface area contributed by atoms with Crippen LogP contribution in [0.5, 0.6) is 5.75 Å². The Hall–Kier alpha value is -3.74. The van der Waals surface area contributed by atoms with Crippen LogP contribution in [-0.4, -0.2) is 34.8 Å². The molecule has 0 spiro atoms. The maximum absolute atomic E-state index is 12.6. The van der Waals surface area contributed by atoms with Crippen LogP contribution in [0.2, 0.25) is 0 Å². The molecule has 1 N–H and O–H groups in total. The lowest BCUT2D eigenvalue weighted by molar-refractivity contribution is 0.0516. The van der Waals surface area contributed by atoms with E-state index < -0.39 is 17.7 Å². The summed E-state index contributed by atoms with van der Waals surface area (Å²) in [4.78, 5) is 41.6. The van der Waals surface area contributed by atoms with Crippen LogP contribution in [0.1, 0.15) is 31.2 Å². The van der Waals surface area contributed by atoms with Crippen LogP contribution in [0.3, 0.4) is 0 Å². The van der Waals surface area contributed by atoms with Gasteiger partial charge >= 0.3 is 0 Å². The van der Waals surface area contributed by atoms with E-state index in [2.05, 4.69) is 10.4 Å². The van der Waals surface area contributed by atoms with Crippen LogP contribution < -0.4 is 10.2 Å². The van der Waals surface area contributed by atoms with Gasteiger partial charge in [0.1, 0.15) is 11.4 Å². The molecule has 0 aliphatic carbocycles. The number of fused-ring (bicyclic) bond motifs is 2. The summed E-state index contributed by atoms with van der Waals surface area (Å²) in [6, 6.07) is 15.1. The maximum atomic E-state index is 12.6. The van der Waals surface area contributed by atoms with Gasteiger partial charge in [0.25, 0.3) is 17.7 Å². The number of hydrogen-bond donors (Lipinski definition) is 1. The molecule has 0 saturated heterocycles. The van der Waals surface area contributed by atoms with Crippen molar-refractivity contribution in [3.63, 3.8) is 0 Å². The number of aromatic nitrogens is 1. The summed E-state index contributed by atoms with van der Waals surface area (Å²) in [5.41, 5.74) is 3.45. The number of hydrogen-bond acceptors (Lipinski definition) is 5. The molecule has 1 aromatic heterocycles. The third kappa shape index (κ3) is 2.37. The normalized spacial score (nSPS) is 13.0. The van der Waals surface area contributed by atoms with E-state index in [1.165, 1.54) is 13.2 Å². The van der Waals surface area contributed by atoms with Crippen molar-refractivity contribution in [2.45, 2.75) is 0 Å². The van der Waals surface area contributed by atoms with Crippen molar-refractivity contribution in [1.29, 1.82) is 0 Å². The summed E-state index contributed by atoms with van der Waals surface area (Å²) in [5.74, 6) is -1.36. The van der Waals surface area contributed by atoms with Gasteiger partial charge in [0, 0.05) is 11.5 Å². The smallest absolute Gasteiger partial charge is 0.289 e. The number of methoxy groups -OCH3 is 1. The Bertz CT molecular complexity index is 1040. The molecule has 0 fully saturated rings. The Kier molecular flexibility index (Phi) is 3.62. The van der Waals surface area contributed by atoms with Gasteiger partial charge in [-0.15, -0.1) is 0 Å². The highest BCUT2D eigenvalue weighted by Gasteiger charge is 2.36. The van der Waals surface area contributed by atoms with E-state index in [0.717, 1.165) is 5.39 Å². The van der Waals surface area contributed by atoms with Crippen LogP contribution >= 0.6 is 0 Å². The molecule has 2 heterocycles. The number of hydrazine groups is 1. The van der Waals surface area contributed by atoms with Gasteiger partial charge in [0.15, 0.2) is 0 Å². The predicted octanol–water partition coefficient (Wildman–Crippen LogP) is 2.18. The molecule has 2 aromatic carbocycles. The van der Waals surface area contributed by atoms with E-state index in [1.54, 1.807) is 36.4 Å². The molecular weight excluding hydrogens is 334 g/mol. The number of benzene rings is 2. The minimum atomic E-state index is -0.677. The number of pyridine rings is 1. The molecule has 0 bridgehead atoms. The van der Waals surface area contributed by atoms with Crippen LogP contribution in [0.15, 0.2) is 54.6 Å². The quantitative estimate of drug-likeness (QED) is 0.734. The van der Waals surface area contributed by atoms with Crippen molar-refractivity contribution >= 4 is 28.6 Å². The third-order valence-corrected chi connectivity index (χ3v) is 4.14. The van der Waals surface area contributed by atoms with Crippen LogP contribution in [0.25, 0.3) is 10.9 Å². The highest BCUT2D eigenvalue weighted by molar-refractivity contribution is 6.22. The van der Waals surface area contributed by atoms with Gasteiger partial charge in [-0.2, -0.15) is 5.01 Å². The fourth-order valence-corrected chi connectivity index (χ4v) is 2.88. The molecule has 3 amide bonds. The third-order valence-electron chi connectivity index (χ3n) is 4.14. The summed E-state index contributed by atoms with van der Waals surface area (Å²) in [6.07, 6.45) is 0. The summed E-state index contributed by atoms with van der Waals surface area (Å²) in [5, 5.41) is 1.46. The van der Waals surface area contributed by atoms with Gasteiger partial charge in [-0.25, -0.2) is 4.98 Å². The molecule has 7 nitrogen and oxygen atoms in total. The first-order valence-corrected chi connectivity index (χ1v) is 7.82. The van der Waals surface area contributed by atoms with Crippen LogP contribution in [-0.2, 0) is 0 Å². The monoisotopic (exact) mass is 347 g/mol. The van der Waals surface area contributed by atoms with E-state index in [-0.39, 0.29) is 16.8 Å². The van der Waals surface area contributed by atoms with Crippen LogP contribution in [0.4, 0.5) is 0 Å². The zero-order valence-corrected chi connectivity index (χ0v) is 13.7. The van der Waals surface area contributed by atoms with Gasteiger partial charge in [-0.1, -0.05) is 24.3 Å². The summed E-state index contributed by atoms with van der Waals surface area (Å²) in [7, 11) is 1.49. The van der Waals surface area contributed by atoms with E-state index in [0.29, 0.717) is 16.3 Å². The molecule has 4 rings (SSSR count). The van der Waals surface area contributed by atoms with Crippen molar-refractivity contribution in [3.05, 3.63) is 71.4 Å². The Labute approximate surface area is 148 Å². The summed E-state index contributed by atoms with van der Waals surface area (Å²) in [6.45, 7) is 0. The maximum Gasteiger partial charge on any atom is 0.289 e. The fraction of sp³-hybridized carbons (Fsp3) is 0.0526. The van der Waals surface area contributed by atoms with Crippen molar-refractivity contribution < 1.29 is 19.1 Å². The Morgan fingerprint density at radius 2 is 1.62 bits per heavy atom. The molecular formula is C19H13N3O4. The van der Waals surface area contributed by atoms with Gasteiger partial charge in [-0.3, -0.25) is 19.8 Å². The lowest BCUT2D eigenvalue weighted by Crippen LogP contribution is -2.46. The second kappa shape index (κ2) is 5.96. The van der Waals surface area contributed by atoms with Crippen molar-refractivity contribution in [3.8, 4) is 5.75 Å². The summed E-state index contributed by atoms with van der Waals surface area (Å²) >= 11 is 0. The standard InChI is InChI=1S/C19H13N3O4/c1-26-16-10-15(20-14-9-5-4-8-13(14)16)17(23)21-22-18(24)11-6-2-3-7-12(11)19(22)25/h2-10H,1H3,(H,21,23). The second-order valence-corrected chi connectivity index (χ2v) is 5.66. The first kappa shape index (κ1) is 15.8. The minimum absolute atomic E-state index is 0.0390. The molecule has 0 unspecified atom stereocenters. The Morgan fingerprint density at radius 3 is 2.27 bits per heavy atom. The summed E-state index contributed by atoms with van der Waals surface area (Å²) < 4.78 is 5.31. The predicted molar refractivity (Wildman–Crippen MR) is 92.7 cm³/mol. The molecule has 0 radical (unpaired) electrons. The van der Waals surface area contributed by atoms with Crippen LogP contribution in [0, 0.1) is 0 Å². The van der Waals surface area contributed by atoms with Gasteiger partial charge < -0.3 is 4.74 Å². The lowest BCUT2D eigenvalue weighted by atomic mass is 10.1. The molecule has 3 aromatic rings. The van der Waals surface area contributed by atoms with Crippen molar-refractivity contribution in [2.75, 3.05) is 7.11 Å². The average molecular weight is 347 g/mol. The molecule has 1 aliphatic heterocycles. The number of carbonyl (C=O) groups is 3. The minimum Gasteiger partial charge on any atom is -0.496 e. The van der Waals surface area contributed by atoms with Gasteiger partial charge in [0.05, 0.1) is 23.8 Å². The zero-order valence-electron chi connectivity index (χ0n) is 13.7. The highest BCUT2D eigenvalue weighted by Crippen LogP contribution is 2.25. The number of nitrogens with zero attached hydrogens (tertiary/aromatic N) is 2. The number of amides is 3. The topological polar surface area (TPSA) is 88.6 Å². The molecule has 0 atom stereocenters. The Balaban J connectivity index is 1.67. The number of nitrogens with one attached hydrogen (secondary N) is 1. The van der Waals surface area contributed by atoms with Gasteiger partial charge in [0.2, 0.25) is 0 Å². The zero-order chi connectivity index (χ0) is 18.3. The fourth-order valence-electron chi connectivity index (χ4n) is 2.88. The number of rotatable bonds is 3. The molecule has 26 heavy (non-hydrogen) atoms. The van der Waals surface area contributed by atoms with E-state index in [9.17, 15) is 14.4 Å². The van der Waals surface area contributed by atoms with Crippen molar-refractivity contribution in [1.82, 2.24) is 15.4 Å². The van der Waals surface area contributed by atoms with E-state index >= 15 is 0 Å². The van der Waals surface area contributed by atoms with Crippen molar-refractivity contribution in [2.24, 2.45) is 0 Å². The van der Waals surface area contributed by atoms with Gasteiger partial charge in [-0.05, 0) is 24.3 Å². The number of ether oxygens (including phenoxy) is 1. The Morgan fingerprint density at radius 1 is 1.00 bits per heavy atom. The largest absolute Gasteiger partial charge is 0.496 e. The molecule has 0 saturated carbocycles. The second-order valence-electron chi connectivity index (χ2n) is 5.66. The molecule has 1 aliphatic rings. The number of para-hydroxylation sites is 1. The first-order chi connectivity index (χ1) is 12.6. The number of carbonyl (C=O) groups excluding carboxylic acids is 3.